The summed E-state index contributed by atoms with van der Waals surface area (Å²) in [6.07, 6.45) is 1.63. The van der Waals surface area contributed by atoms with Crippen LogP contribution in [0.2, 0.25) is 5.02 Å². The molecule has 0 bridgehead atoms. The van der Waals surface area contributed by atoms with Gasteiger partial charge >= 0.3 is 0 Å². The maximum atomic E-state index is 11.9. The smallest absolute Gasteiger partial charge is 0.246 e. The van der Waals surface area contributed by atoms with Crippen molar-refractivity contribution in [2.75, 3.05) is 18.2 Å². The number of nitrogen functional groups attached to an aromatic ring is 1. The van der Waals surface area contributed by atoms with Crippen molar-refractivity contribution in [2.45, 2.75) is 6.54 Å². The van der Waals surface area contributed by atoms with Crippen molar-refractivity contribution in [1.82, 2.24) is 9.78 Å². The molecule has 0 atom stereocenters. The quantitative estimate of drug-likeness (QED) is 0.894. The first kappa shape index (κ1) is 13.2. The van der Waals surface area contributed by atoms with Crippen molar-refractivity contribution < 1.29 is 9.53 Å². The summed E-state index contributed by atoms with van der Waals surface area (Å²) in [5.74, 6) is 0.662. The molecule has 0 aliphatic carbocycles. The van der Waals surface area contributed by atoms with E-state index in [1.807, 2.05) is 0 Å². The van der Waals surface area contributed by atoms with E-state index in [9.17, 15) is 4.79 Å². The van der Waals surface area contributed by atoms with Gasteiger partial charge in [-0.1, -0.05) is 11.6 Å². The van der Waals surface area contributed by atoms with E-state index in [0.717, 1.165) is 0 Å². The van der Waals surface area contributed by atoms with Gasteiger partial charge in [-0.3, -0.25) is 9.48 Å². The summed E-state index contributed by atoms with van der Waals surface area (Å²) in [6, 6.07) is 6.61. The second kappa shape index (κ2) is 5.62. The average molecular weight is 281 g/mol. The summed E-state index contributed by atoms with van der Waals surface area (Å²) in [5, 5.41) is 7.15. The number of nitrogens with one attached hydrogen (secondary N) is 1. The third-order valence-electron chi connectivity index (χ3n) is 2.40. The molecule has 1 aromatic carbocycles. The van der Waals surface area contributed by atoms with Crippen molar-refractivity contribution in [3.63, 3.8) is 0 Å². The van der Waals surface area contributed by atoms with Gasteiger partial charge < -0.3 is 15.8 Å². The number of amides is 1. The minimum atomic E-state index is -0.247. The predicted octanol–water partition coefficient (Wildman–Crippen LogP) is 1.77. The number of carbonyl (C=O) groups excluding carboxylic acids is 1. The van der Waals surface area contributed by atoms with Crippen LogP contribution in [0.5, 0.6) is 5.75 Å². The number of methoxy groups -OCH3 is 1. The lowest BCUT2D eigenvalue weighted by Gasteiger charge is -2.10. The minimum absolute atomic E-state index is 0.0624. The Bertz CT molecular complexity index is 597. The largest absolute Gasteiger partial charge is 0.495 e. The first-order valence-corrected chi connectivity index (χ1v) is 5.88. The van der Waals surface area contributed by atoms with Crippen LogP contribution in [0.3, 0.4) is 0 Å². The molecule has 7 heteroatoms. The second-order valence-electron chi connectivity index (χ2n) is 3.83. The van der Waals surface area contributed by atoms with E-state index in [1.165, 1.54) is 11.8 Å². The molecule has 0 aliphatic rings. The molecule has 0 radical (unpaired) electrons. The highest BCUT2D eigenvalue weighted by Gasteiger charge is 2.09. The van der Waals surface area contributed by atoms with Gasteiger partial charge in [0.15, 0.2) is 0 Å². The highest BCUT2D eigenvalue weighted by Crippen LogP contribution is 2.27. The minimum Gasteiger partial charge on any atom is -0.495 e. The summed E-state index contributed by atoms with van der Waals surface area (Å²) in [4.78, 5) is 11.9. The van der Waals surface area contributed by atoms with Crippen LogP contribution in [-0.2, 0) is 11.3 Å². The zero-order chi connectivity index (χ0) is 13.8. The normalized spacial score (nSPS) is 10.2. The Morgan fingerprint density at radius 2 is 2.32 bits per heavy atom. The van der Waals surface area contributed by atoms with Crippen molar-refractivity contribution in [1.29, 1.82) is 0 Å². The van der Waals surface area contributed by atoms with E-state index >= 15 is 0 Å². The van der Waals surface area contributed by atoms with Crippen LogP contribution in [0.4, 0.5) is 11.5 Å². The Morgan fingerprint density at radius 1 is 1.53 bits per heavy atom. The Kier molecular flexibility index (Phi) is 3.91. The van der Waals surface area contributed by atoms with Gasteiger partial charge in [0.2, 0.25) is 5.91 Å². The first-order chi connectivity index (χ1) is 9.08. The van der Waals surface area contributed by atoms with Gasteiger partial charge in [0.1, 0.15) is 18.1 Å². The van der Waals surface area contributed by atoms with E-state index in [4.69, 9.17) is 22.1 Å². The molecule has 0 saturated heterocycles. The van der Waals surface area contributed by atoms with Gasteiger partial charge in [-0.25, -0.2) is 0 Å². The summed E-state index contributed by atoms with van der Waals surface area (Å²) >= 11 is 5.88. The number of nitrogens with zero attached hydrogens (tertiary/aromatic N) is 2. The second-order valence-corrected chi connectivity index (χ2v) is 4.27. The number of anilines is 2. The van der Waals surface area contributed by atoms with Crippen molar-refractivity contribution in [2.24, 2.45) is 0 Å². The maximum Gasteiger partial charge on any atom is 0.246 e. The number of aromatic nitrogens is 2. The Hall–Kier alpha value is -2.21. The van der Waals surface area contributed by atoms with Crippen LogP contribution in [0, 0.1) is 0 Å². The number of halogens is 1. The van der Waals surface area contributed by atoms with Gasteiger partial charge in [0, 0.05) is 11.2 Å². The van der Waals surface area contributed by atoms with Gasteiger partial charge in [-0.05, 0) is 24.3 Å². The van der Waals surface area contributed by atoms with E-state index < -0.39 is 0 Å². The standard InChI is InChI=1S/C12H13ClN4O2/c1-19-10-3-2-8(13)6-9(10)15-12(18)7-17-5-4-11(14)16-17/h2-6H,7H2,1H3,(H2,14,16)(H,15,18). The molecule has 100 valence electrons. The van der Waals surface area contributed by atoms with Gasteiger partial charge in [0.25, 0.3) is 0 Å². The molecule has 1 aromatic heterocycles. The predicted molar refractivity (Wildman–Crippen MR) is 73.3 cm³/mol. The summed E-state index contributed by atoms with van der Waals surface area (Å²) in [5.41, 5.74) is 5.99. The number of benzene rings is 1. The molecule has 1 heterocycles. The van der Waals surface area contributed by atoms with Crippen molar-refractivity contribution >= 4 is 29.0 Å². The fourth-order valence-corrected chi connectivity index (χ4v) is 1.75. The molecule has 0 fully saturated rings. The molecule has 3 N–H and O–H groups in total. The number of rotatable bonds is 4. The lowest BCUT2D eigenvalue weighted by molar-refractivity contribution is -0.116. The molecule has 2 aromatic rings. The molecule has 19 heavy (non-hydrogen) atoms. The highest BCUT2D eigenvalue weighted by molar-refractivity contribution is 6.31. The molecule has 1 amide bonds. The van der Waals surface area contributed by atoms with Crippen LogP contribution in [0.1, 0.15) is 0 Å². The SMILES string of the molecule is COc1ccc(Cl)cc1NC(=O)Cn1ccc(N)n1. The van der Waals surface area contributed by atoms with Crippen molar-refractivity contribution in [3.05, 3.63) is 35.5 Å². The highest BCUT2D eigenvalue weighted by atomic mass is 35.5. The zero-order valence-corrected chi connectivity index (χ0v) is 11.0. The summed E-state index contributed by atoms with van der Waals surface area (Å²) < 4.78 is 6.59. The molecular weight excluding hydrogens is 268 g/mol. The Labute approximate surface area is 115 Å². The molecular formula is C12H13ClN4O2. The Balaban J connectivity index is 2.08. The van der Waals surface area contributed by atoms with Gasteiger partial charge in [-0.15, -0.1) is 0 Å². The van der Waals surface area contributed by atoms with E-state index in [1.54, 1.807) is 30.5 Å². The molecule has 0 aliphatic heterocycles. The van der Waals surface area contributed by atoms with Crippen LogP contribution in [0.25, 0.3) is 0 Å². The molecule has 0 saturated carbocycles. The third-order valence-corrected chi connectivity index (χ3v) is 2.64. The lowest BCUT2D eigenvalue weighted by atomic mass is 10.3. The lowest BCUT2D eigenvalue weighted by Crippen LogP contribution is -2.19. The Morgan fingerprint density at radius 3 is 2.95 bits per heavy atom. The first-order valence-electron chi connectivity index (χ1n) is 5.51. The van der Waals surface area contributed by atoms with E-state index in [-0.39, 0.29) is 12.5 Å². The molecule has 6 nitrogen and oxygen atoms in total. The molecule has 0 unspecified atom stereocenters. The van der Waals surface area contributed by atoms with Crippen molar-refractivity contribution in [3.8, 4) is 5.75 Å². The maximum absolute atomic E-state index is 11.9. The zero-order valence-electron chi connectivity index (χ0n) is 10.3. The van der Waals surface area contributed by atoms with Crippen LogP contribution < -0.4 is 15.8 Å². The van der Waals surface area contributed by atoms with E-state index in [2.05, 4.69) is 10.4 Å². The van der Waals surface area contributed by atoms with Crippen LogP contribution in [-0.4, -0.2) is 22.8 Å². The van der Waals surface area contributed by atoms with Gasteiger partial charge in [-0.2, -0.15) is 5.10 Å². The number of ether oxygens (including phenoxy) is 1. The summed E-state index contributed by atoms with van der Waals surface area (Å²) in [7, 11) is 1.52. The number of hydrogen-bond acceptors (Lipinski definition) is 4. The number of carbonyl (C=O) groups is 1. The number of hydrogen-bond donors (Lipinski definition) is 2. The monoisotopic (exact) mass is 280 g/mol. The van der Waals surface area contributed by atoms with Crippen LogP contribution >= 0.6 is 11.6 Å². The fourth-order valence-electron chi connectivity index (χ4n) is 1.58. The third kappa shape index (κ3) is 3.38. The number of nitrogens with two attached hydrogens (primary N) is 1. The average Bonchev–Trinajstić information content (AvgIpc) is 2.75. The fraction of sp³-hybridized carbons (Fsp3) is 0.167. The van der Waals surface area contributed by atoms with Crippen LogP contribution in [0.15, 0.2) is 30.5 Å². The van der Waals surface area contributed by atoms with E-state index in [0.29, 0.717) is 22.3 Å². The topological polar surface area (TPSA) is 82.2 Å². The molecule has 0 spiro atoms. The molecule has 2 rings (SSSR count). The summed E-state index contributed by atoms with van der Waals surface area (Å²) in [6.45, 7) is 0.0624. The van der Waals surface area contributed by atoms with Gasteiger partial charge in [0.05, 0.1) is 12.8 Å².